The zero-order valence-corrected chi connectivity index (χ0v) is 14.9. The molecule has 1 N–H and O–H groups in total. The van der Waals surface area contributed by atoms with Crippen molar-refractivity contribution in [3.8, 4) is 11.5 Å². The van der Waals surface area contributed by atoms with Gasteiger partial charge in [-0.1, -0.05) is 6.07 Å². The molecule has 0 radical (unpaired) electrons. The number of halogens is 2. The molecule has 28 heavy (non-hydrogen) atoms. The first-order valence-electron chi connectivity index (χ1n) is 8.92. The first-order chi connectivity index (χ1) is 13.5. The van der Waals surface area contributed by atoms with Crippen LogP contribution in [0.1, 0.15) is 12.0 Å². The monoisotopic (exact) mass is 388 g/mol. The standard InChI is InChI=1S/C20H18F2N2O4/c21-14-7-15(22)9-16(8-14)24-10-13(6-19(24)25)20(26)23-4-3-12-1-2-17-18(5-12)28-11-27-17/h1-2,5,7-9,13H,3-4,6,10-11H2,(H,23,26). The highest BCUT2D eigenvalue weighted by molar-refractivity contribution is 6.00. The van der Waals surface area contributed by atoms with Gasteiger partial charge in [0, 0.05) is 31.3 Å². The summed E-state index contributed by atoms with van der Waals surface area (Å²) in [7, 11) is 0. The molecular weight excluding hydrogens is 370 g/mol. The molecule has 0 bridgehead atoms. The Bertz CT molecular complexity index is 914. The van der Waals surface area contributed by atoms with Crippen molar-refractivity contribution in [2.45, 2.75) is 12.8 Å². The molecule has 2 heterocycles. The van der Waals surface area contributed by atoms with Crippen LogP contribution >= 0.6 is 0 Å². The predicted octanol–water partition coefficient (Wildman–Crippen LogP) is 2.41. The third-order valence-electron chi connectivity index (χ3n) is 4.80. The average Bonchev–Trinajstić information content (AvgIpc) is 3.26. The fraction of sp³-hybridized carbons (Fsp3) is 0.300. The molecular formula is C20H18F2N2O4. The van der Waals surface area contributed by atoms with E-state index in [4.69, 9.17) is 9.47 Å². The van der Waals surface area contributed by atoms with Crippen LogP contribution in [0.4, 0.5) is 14.5 Å². The molecule has 1 saturated heterocycles. The maximum atomic E-state index is 13.4. The second-order valence-electron chi connectivity index (χ2n) is 6.76. The number of amides is 2. The van der Waals surface area contributed by atoms with Crippen LogP contribution in [0.2, 0.25) is 0 Å². The van der Waals surface area contributed by atoms with Gasteiger partial charge in [-0.05, 0) is 36.2 Å². The maximum absolute atomic E-state index is 13.4. The van der Waals surface area contributed by atoms with E-state index in [1.54, 1.807) is 0 Å². The highest BCUT2D eigenvalue weighted by Gasteiger charge is 2.35. The normalized spacial score (nSPS) is 17.9. The molecule has 1 atom stereocenters. The lowest BCUT2D eigenvalue weighted by molar-refractivity contribution is -0.126. The first kappa shape index (κ1) is 18.2. The molecule has 146 valence electrons. The van der Waals surface area contributed by atoms with E-state index in [1.165, 1.54) is 4.90 Å². The number of anilines is 1. The van der Waals surface area contributed by atoms with E-state index in [2.05, 4.69) is 5.32 Å². The van der Waals surface area contributed by atoms with Gasteiger partial charge in [0.1, 0.15) is 11.6 Å². The van der Waals surface area contributed by atoms with Gasteiger partial charge in [0.2, 0.25) is 18.6 Å². The van der Waals surface area contributed by atoms with Gasteiger partial charge in [-0.3, -0.25) is 9.59 Å². The Balaban J connectivity index is 1.32. The second kappa shape index (κ2) is 7.46. The number of fused-ring (bicyclic) bond motifs is 1. The number of ether oxygens (including phenoxy) is 2. The Morgan fingerprint density at radius 1 is 1.11 bits per heavy atom. The van der Waals surface area contributed by atoms with Crippen molar-refractivity contribution in [2.24, 2.45) is 5.92 Å². The van der Waals surface area contributed by atoms with E-state index in [9.17, 15) is 18.4 Å². The predicted molar refractivity (Wildman–Crippen MR) is 96.1 cm³/mol. The van der Waals surface area contributed by atoms with Crippen molar-refractivity contribution in [1.82, 2.24) is 5.32 Å². The number of hydrogen-bond donors (Lipinski definition) is 1. The van der Waals surface area contributed by atoms with E-state index in [0.717, 1.165) is 23.8 Å². The van der Waals surface area contributed by atoms with Gasteiger partial charge in [0.25, 0.3) is 0 Å². The van der Waals surface area contributed by atoms with Gasteiger partial charge in [-0.25, -0.2) is 8.78 Å². The van der Waals surface area contributed by atoms with Crippen LogP contribution in [0.25, 0.3) is 0 Å². The molecule has 2 aromatic rings. The maximum Gasteiger partial charge on any atom is 0.231 e. The van der Waals surface area contributed by atoms with Crippen molar-refractivity contribution in [1.29, 1.82) is 0 Å². The SMILES string of the molecule is O=C(NCCc1ccc2c(c1)OCO2)C1CC(=O)N(c2cc(F)cc(F)c2)C1. The number of hydrogen-bond acceptors (Lipinski definition) is 4. The minimum absolute atomic E-state index is 0.00793. The molecule has 0 aromatic heterocycles. The van der Waals surface area contributed by atoms with E-state index in [0.29, 0.717) is 24.5 Å². The molecule has 2 aromatic carbocycles. The lowest BCUT2D eigenvalue weighted by atomic mass is 10.1. The molecule has 1 unspecified atom stereocenters. The number of nitrogens with one attached hydrogen (secondary N) is 1. The summed E-state index contributed by atoms with van der Waals surface area (Å²) in [6, 6.07) is 8.50. The van der Waals surface area contributed by atoms with Crippen molar-refractivity contribution >= 4 is 17.5 Å². The zero-order valence-electron chi connectivity index (χ0n) is 14.9. The van der Waals surface area contributed by atoms with E-state index >= 15 is 0 Å². The summed E-state index contributed by atoms with van der Waals surface area (Å²) >= 11 is 0. The lowest BCUT2D eigenvalue weighted by Crippen LogP contribution is -2.34. The average molecular weight is 388 g/mol. The minimum Gasteiger partial charge on any atom is -0.454 e. The molecule has 2 amide bonds. The van der Waals surface area contributed by atoms with Crippen LogP contribution in [-0.2, 0) is 16.0 Å². The van der Waals surface area contributed by atoms with Crippen molar-refractivity contribution in [3.63, 3.8) is 0 Å². The van der Waals surface area contributed by atoms with Crippen LogP contribution in [0.15, 0.2) is 36.4 Å². The van der Waals surface area contributed by atoms with Crippen molar-refractivity contribution in [3.05, 3.63) is 53.6 Å². The van der Waals surface area contributed by atoms with Crippen LogP contribution in [-0.4, -0.2) is 31.7 Å². The molecule has 2 aliphatic heterocycles. The second-order valence-corrected chi connectivity index (χ2v) is 6.76. The molecule has 0 aliphatic carbocycles. The molecule has 8 heteroatoms. The third-order valence-corrected chi connectivity index (χ3v) is 4.80. The van der Waals surface area contributed by atoms with Gasteiger partial charge >= 0.3 is 0 Å². The van der Waals surface area contributed by atoms with Crippen LogP contribution in [0, 0.1) is 17.6 Å². The molecule has 0 spiro atoms. The smallest absolute Gasteiger partial charge is 0.231 e. The van der Waals surface area contributed by atoms with Crippen LogP contribution in [0.5, 0.6) is 11.5 Å². The number of rotatable bonds is 5. The number of benzene rings is 2. The van der Waals surface area contributed by atoms with E-state index in [-0.39, 0.29) is 37.3 Å². The minimum atomic E-state index is -0.764. The fourth-order valence-corrected chi connectivity index (χ4v) is 3.40. The Labute approximate surface area is 160 Å². The molecule has 2 aliphatic rings. The van der Waals surface area contributed by atoms with Gasteiger partial charge in [-0.2, -0.15) is 0 Å². The van der Waals surface area contributed by atoms with Crippen LogP contribution in [0.3, 0.4) is 0 Å². The van der Waals surface area contributed by atoms with Crippen molar-refractivity contribution < 1.29 is 27.8 Å². The summed E-state index contributed by atoms with van der Waals surface area (Å²) in [4.78, 5) is 25.8. The Kier molecular flexibility index (Phi) is 4.85. The summed E-state index contributed by atoms with van der Waals surface area (Å²) in [6.45, 7) is 0.701. The zero-order chi connectivity index (χ0) is 19.7. The Hall–Kier alpha value is -3.16. The van der Waals surface area contributed by atoms with Gasteiger partial charge in [-0.15, -0.1) is 0 Å². The fourth-order valence-electron chi connectivity index (χ4n) is 3.40. The molecule has 0 saturated carbocycles. The summed E-state index contributed by atoms with van der Waals surface area (Å²) in [5, 5.41) is 2.82. The lowest BCUT2D eigenvalue weighted by Gasteiger charge is -2.17. The summed E-state index contributed by atoms with van der Waals surface area (Å²) in [5.74, 6) is -1.29. The molecule has 4 rings (SSSR count). The highest BCUT2D eigenvalue weighted by atomic mass is 19.1. The molecule has 1 fully saturated rings. The molecule has 6 nitrogen and oxygen atoms in total. The van der Waals surface area contributed by atoms with Gasteiger partial charge in [0.15, 0.2) is 11.5 Å². The number of carbonyl (C=O) groups excluding carboxylic acids is 2. The quantitative estimate of drug-likeness (QED) is 0.854. The third kappa shape index (κ3) is 3.76. The van der Waals surface area contributed by atoms with Crippen LogP contribution < -0.4 is 19.7 Å². The number of carbonyl (C=O) groups is 2. The summed E-state index contributed by atoms with van der Waals surface area (Å²) in [6.07, 6.45) is 0.607. The van der Waals surface area contributed by atoms with Crippen molar-refractivity contribution in [2.75, 3.05) is 24.8 Å². The Morgan fingerprint density at radius 3 is 2.64 bits per heavy atom. The summed E-state index contributed by atoms with van der Waals surface area (Å²) in [5.41, 5.74) is 1.11. The Morgan fingerprint density at radius 2 is 1.86 bits per heavy atom. The largest absolute Gasteiger partial charge is 0.454 e. The van der Waals surface area contributed by atoms with E-state index in [1.807, 2.05) is 18.2 Å². The highest BCUT2D eigenvalue weighted by Crippen LogP contribution is 2.32. The van der Waals surface area contributed by atoms with Gasteiger partial charge < -0.3 is 19.7 Å². The van der Waals surface area contributed by atoms with E-state index < -0.39 is 17.6 Å². The first-order valence-corrected chi connectivity index (χ1v) is 8.92. The summed E-state index contributed by atoms with van der Waals surface area (Å²) < 4.78 is 37.4. The number of nitrogens with zero attached hydrogens (tertiary/aromatic N) is 1. The topological polar surface area (TPSA) is 67.9 Å². The van der Waals surface area contributed by atoms with Gasteiger partial charge in [0.05, 0.1) is 5.92 Å².